The van der Waals surface area contributed by atoms with Crippen LogP contribution in [0.3, 0.4) is 0 Å². The number of ether oxygens (including phenoxy) is 1. The lowest BCUT2D eigenvalue weighted by Gasteiger charge is -1.92. The van der Waals surface area contributed by atoms with Crippen LogP contribution in [0.2, 0.25) is 0 Å². The van der Waals surface area contributed by atoms with E-state index in [1.807, 2.05) is 13.2 Å². The average molecular weight is 199 g/mol. The second-order valence-electron chi connectivity index (χ2n) is 2.36. The zero-order valence-electron chi connectivity index (χ0n) is 7.56. The van der Waals surface area contributed by atoms with Gasteiger partial charge in [-0.1, -0.05) is 4.68 Å². The summed E-state index contributed by atoms with van der Waals surface area (Å²) in [6, 6.07) is 0. The zero-order chi connectivity index (χ0) is 9.68. The molecule has 0 fully saturated rings. The number of hydrogen-bond acceptors (Lipinski definition) is 4. The molecular formula is C8H11N2O2S+. The fourth-order valence-electron chi connectivity index (χ4n) is 0.757. The molecule has 0 radical (unpaired) electrons. The summed E-state index contributed by atoms with van der Waals surface area (Å²) in [4.78, 5) is 11.8. The molecule has 0 saturated heterocycles. The highest BCUT2D eigenvalue weighted by Crippen LogP contribution is 2.02. The van der Waals surface area contributed by atoms with E-state index in [2.05, 4.69) is 4.49 Å². The molecule has 0 aromatic carbocycles. The zero-order valence-corrected chi connectivity index (χ0v) is 8.37. The van der Waals surface area contributed by atoms with Crippen molar-refractivity contribution in [2.45, 2.75) is 6.92 Å². The molecule has 0 atom stereocenters. The van der Waals surface area contributed by atoms with Gasteiger partial charge in [0.1, 0.15) is 4.88 Å². The predicted molar refractivity (Wildman–Crippen MR) is 49.0 cm³/mol. The maximum absolute atomic E-state index is 10.9. The van der Waals surface area contributed by atoms with Crippen LogP contribution in [0, 0.1) is 0 Å². The van der Waals surface area contributed by atoms with Gasteiger partial charge in [-0.05, 0) is 13.0 Å². The van der Waals surface area contributed by atoms with Gasteiger partial charge in [0.15, 0.2) is 7.05 Å². The molecule has 0 aliphatic heterocycles. The van der Waals surface area contributed by atoms with E-state index in [0.29, 0.717) is 6.61 Å². The molecule has 0 aliphatic rings. The first kappa shape index (κ1) is 9.85. The molecule has 5 heteroatoms. The molecule has 1 heterocycles. The van der Waals surface area contributed by atoms with Gasteiger partial charge >= 0.3 is 5.97 Å². The quantitative estimate of drug-likeness (QED) is 0.405. The van der Waals surface area contributed by atoms with E-state index in [9.17, 15) is 4.79 Å². The van der Waals surface area contributed by atoms with Crippen molar-refractivity contribution in [3.63, 3.8) is 0 Å². The molecule has 0 amide bonds. The van der Waals surface area contributed by atoms with Gasteiger partial charge in [0, 0.05) is 17.6 Å². The molecule has 0 unspecified atom stereocenters. The average Bonchev–Trinajstić information content (AvgIpc) is 2.49. The molecule has 0 spiro atoms. The fraction of sp³-hybridized carbons (Fsp3) is 0.375. The van der Waals surface area contributed by atoms with Crippen molar-refractivity contribution in [3.8, 4) is 0 Å². The second kappa shape index (κ2) is 4.71. The van der Waals surface area contributed by atoms with E-state index >= 15 is 0 Å². The Labute approximate surface area is 80.6 Å². The first-order valence-corrected chi connectivity index (χ1v) is 4.67. The smallest absolute Gasteiger partial charge is 0.330 e. The maximum Gasteiger partial charge on any atom is 0.330 e. The second-order valence-corrected chi connectivity index (χ2v) is 3.18. The van der Waals surface area contributed by atoms with Gasteiger partial charge in [0.2, 0.25) is 6.20 Å². The Morgan fingerprint density at radius 2 is 2.62 bits per heavy atom. The van der Waals surface area contributed by atoms with Crippen molar-refractivity contribution in [1.29, 1.82) is 0 Å². The van der Waals surface area contributed by atoms with Gasteiger partial charge in [0.25, 0.3) is 0 Å². The van der Waals surface area contributed by atoms with E-state index in [0.717, 1.165) is 4.88 Å². The van der Waals surface area contributed by atoms with Crippen LogP contribution in [-0.2, 0) is 16.6 Å². The SMILES string of the molecule is CCOC(=O)C=Cc1c[n+](C)ns1. The number of aryl methyl sites for hydroxylation is 1. The van der Waals surface area contributed by atoms with Crippen molar-refractivity contribution >= 4 is 23.6 Å². The van der Waals surface area contributed by atoms with E-state index in [4.69, 9.17) is 4.74 Å². The van der Waals surface area contributed by atoms with Crippen LogP contribution in [0.15, 0.2) is 12.3 Å². The Kier molecular flexibility index (Phi) is 3.57. The van der Waals surface area contributed by atoms with Crippen LogP contribution in [0.25, 0.3) is 6.08 Å². The van der Waals surface area contributed by atoms with Crippen LogP contribution in [0.5, 0.6) is 0 Å². The number of nitrogens with zero attached hydrogens (tertiary/aromatic N) is 2. The maximum atomic E-state index is 10.9. The molecule has 0 bridgehead atoms. The summed E-state index contributed by atoms with van der Waals surface area (Å²) in [6.07, 6.45) is 4.92. The Bertz CT molecular complexity index is 320. The number of carbonyl (C=O) groups excluding carboxylic acids is 1. The Hall–Kier alpha value is -1.23. The minimum atomic E-state index is -0.321. The van der Waals surface area contributed by atoms with Crippen LogP contribution >= 0.6 is 11.5 Å². The molecule has 1 aromatic heterocycles. The third kappa shape index (κ3) is 3.33. The number of hydrogen-bond donors (Lipinski definition) is 0. The standard InChI is InChI=1S/C8H11N2O2S/c1-3-12-8(11)5-4-7-6-10(2)9-13-7/h4-6H,3H2,1-2H3/q+1. The van der Waals surface area contributed by atoms with Crippen LogP contribution in [-0.4, -0.2) is 17.1 Å². The summed E-state index contributed by atoms with van der Waals surface area (Å²) in [6.45, 7) is 2.18. The van der Waals surface area contributed by atoms with Crippen molar-refractivity contribution in [3.05, 3.63) is 17.2 Å². The first-order chi connectivity index (χ1) is 6.22. The number of aromatic nitrogens is 2. The number of rotatable bonds is 3. The molecule has 4 nitrogen and oxygen atoms in total. The predicted octanol–water partition coefficient (Wildman–Crippen LogP) is 0.544. The minimum Gasteiger partial charge on any atom is -0.463 e. The highest BCUT2D eigenvalue weighted by molar-refractivity contribution is 7.06. The summed E-state index contributed by atoms with van der Waals surface area (Å²) in [5.74, 6) is -0.321. The first-order valence-electron chi connectivity index (χ1n) is 3.90. The number of carbonyl (C=O) groups is 1. The van der Waals surface area contributed by atoms with E-state index in [1.54, 1.807) is 17.7 Å². The molecule has 0 aliphatic carbocycles. The fourth-order valence-corrected chi connectivity index (χ4v) is 1.36. The van der Waals surface area contributed by atoms with Gasteiger partial charge in [-0.15, -0.1) is 0 Å². The van der Waals surface area contributed by atoms with Crippen LogP contribution < -0.4 is 4.68 Å². The van der Waals surface area contributed by atoms with E-state index in [1.165, 1.54) is 17.6 Å². The Morgan fingerprint density at radius 3 is 3.15 bits per heavy atom. The van der Waals surface area contributed by atoms with Gasteiger partial charge in [-0.3, -0.25) is 0 Å². The molecule has 70 valence electrons. The highest BCUT2D eigenvalue weighted by Gasteiger charge is 2.01. The van der Waals surface area contributed by atoms with E-state index < -0.39 is 0 Å². The van der Waals surface area contributed by atoms with E-state index in [-0.39, 0.29) is 5.97 Å². The molecule has 0 N–H and O–H groups in total. The minimum absolute atomic E-state index is 0.321. The van der Waals surface area contributed by atoms with Gasteiger partial charge in [-0.2, -0.15) is 0 Å². The van der Waals surface area contributed by atoms with Crippen LogP contribution in [0.4, 0.5) is 0 Å². The summed E-state index contributed by atoms with van der Waals surface area (Å²) >= 11 is 1.33. The summed E-state index contributed by atoms with van der Waals surface area (Å²) in [7, 11) is 1.83. The molecular weight excluding hydrogens is 188 g/mol. The lowest BCUT2D eigenvalue weighted by atomic mass is 10.4. The van der Waals surface area contributed by atoms with Crippen molar-refractivity contribution in [2.75, 3.05) is 6.61 Å². The van der Waals surface area contributed by atoms with Crippen LogP contribution in [0.1, 0.15) is 11.8 Å². The third-order valence-corrected chi connectivity index (χ3v) is 2.05. The monoisotopic (exact) mass is 199 g/mol. The summed E-state index contributed by atoms with van der Waals surface area (Å²) in [5.41, 5.74) is 0. The summed E-state index contributed by atoms with van der Waals surface area (Å²) < 4.78 is 10.4. The molecule has 1 aromatic rings. The van der Waals surface area contributed by atoms with Crippen molar-refractivity contribution < 1.29 is 14.2 Å². The van der Waals surface area contributed by atoms with Crippen molar-refractivity contribution in [2.24, 2.45) is 7.05 Å². The van der Waals surface area contributed by atoms with Gasteiger partial charge in [-0.25, -0.2) is 4.79 Å². The summed E-state index contributed by atoms with van der Waals surface area (Å²) in [5, 5.41) is 0. The molecule has 0 saturated carbocycles. The topological polar surface area (TPSA) is 43.1 Å². The lowest BCUT2D eigenvalue weighted by Crippen LogP contribution is -2.27. The Balaban J connectivity index is 2.53. The normalized spacial score (nSPS) is 10.6. The number of esters is 1. The van der Waals surface area contributed by atoms with Gasteiger partial charge in [0.05, 0.1) is 11.1 Å². The van der Waals surface area contributed by atoms with Crippen molar-refractivity contribution in [1.82, 2.24) is 4.49 Å². The highest BCUT2D eigenvalue weighted by atomic mass is 32.1. The molecule has 13 heavy (non-hydrogen) atoms. The lowest BCUT2D eigenvalue weighted by molar-refractivity contribution is -0.722. The van der Waals surface area contributed by atoms with Gasteiger partial charge < -0.3 is 4.74 Å². The Morgan fingerprint density at radius 1 is 1.85 bits per heavy atom. The largest absolute Gasteiger partial charge is 0.463 e. The molecule has 1 rings (SSSR count). The third-order valence-electron chi connectivity index (χ3n) is 1.26.